The van der Waals surface area contributed by atoms with Crippen molar-refractivity contribution in [3.8, 4) is 11.5 Å². The quantitative estimate of drug-likeness (QED) is 0.742. The average Bonchev–Trinajstić information content (AvgIpc) is 3.06. The lowest BCUT2D eigenvalue weighted by Crippen LogP contribution is -2.01. The van der Waals surface area contributed by atoms with Crippen molar-refractivity contribution >= 4 is 15.9 Å². The van der Waals surface area contributed by atoms with Gasteiger partial charge in [0.25, 0.3) is 0 Å². The average molecular weight is 319 g/mol. The Kier molecular flexibility index (Phi) is 3.41. The number of hydrogen-bond acceptors (Lipinski definition) is 4. The van der Waals surface area contributed by atoms with E-state index in [0.717, 1.165) is 10.0 Å². The van der Waals surface area contributed by atoms with E-state index >= 15 is 0 Å². The maximum Gasteiger partial charge on any atom is 0.247 e. The van der Waals surface area contributed by atoms with Crippen LogP contribution in [0.2, 0.25) is 0 Å². The normalized spacial score (nSPS) is 10.8. The third-order valence-corrected chi connectivity index (χ3v) is 3.05. The van der Waals surface area contributed by atoms with E-state index in [1.54, 1.807) is 6.20 Å². The molecule has 0 saturated heterocycles. The van der Waals surface area contributed by atoms with Crippen LogP contribution >= 0.6 is 15.9 Å². The summed E-state index contributed by atoms with van der Waals surface area (Å²) < 4.78 is 8.41. The molecule has 2 aromatic heterocycles. The summed E-state index contributed by atoms with van der Waals surface area (Å²) >= 11 is 3.36. The van der Waals surface area contributed by atoms with Crippen molar-refractivity contribution in [3.63, 3.8) is 0 Å². The minimum atomic E-state index is 0.553. The summed E-state index contributed by atoms with van der Waals surface area (Å²) in [6, 6.07) is 9.74. The van der Waals surface area contributed by atoms with Crippen LogP contribution in [-0.4, -0.2) is 20.0 Å². The van der Waals surface area contributed by atoms with Gasteiger partial charge in [-0.25, -0.2) is 0 Å². The van der Waals surface area contributed by atoms with E-state index in [-0.39, 0.29) is 0 Å². The molecule has 0 aliphatic heterocycles. The van der Waals surface area contributed by atoms with Crippen LogP contribution in [0.1, 0.15) is 5.89 Å². The van der Waals surface area contributed by atoms with Gasteiger partial charge in [0.2, 0.25) is 11.8 Å². The van der Waals surface area contributed by atoms with Gasteiger partial charge in [-0.2, -0.15) is 5.10 Å². The van der Waals surface area contributed by atoms with Crippen molar-refractivity contribution in [2.24, 2.45) is 0 Å². The molecule has 3 aromatic rings. The van der Waals surface area contributed by atoms with E-state index in [4.69, 9.17) is 4.42 Å². The van der Waals surface area contributed by atoms with Crippen LogP contribution in [0.4, 0.5) is 0 Å². The lowest BCUT2D eigenvalue weighted by molar-refractivity contribution is 0.475. The zero-order valence-electron chi connectivity index (χ0n) is 10.0. The first kappa shape index (κ1) is 12.1. The molecule has 0 bridgehead atoms. The molecule has 0 amide bonds. The molecule has 0 aliphatic carbocycles. The van der Waals surface area contributed by atoms with Crippen molar-refractivity contribution in [3.05, 3.63) is 53.1 Å². The molecule has 1 aromatic carbocycles. The van der Waals surface area contributed by atoms with E-state index in [1.807, 2.05) is 41.2 Å². The summed E-state index contributed by atoms with van der Waals surface area (Å²) in [7, 11) is 0. The molecule has 2 heterocycles. The number of rotatable bonds is 4. The molecule has 0 fully saturated rings. The van der Waals surface area contributed by atoms with Gasteiger partial charge < -0.3 is 4.42 Å². The van der Waals surface area contributed by atoms with Gasteiger partial charge in [-0.1, -0.05) is 18.2 Å². The molecular weight excluding hydrogens is 308 g/mol. The van der Waals surface area contributed by atoms with Crippen LogP contribution in [0.3, 0.4) is 0 Å². The fourth-order valence-corrected chi connectivity index (χ4v) is 2.05. The Balaban J connectivity index is 1.68. The monoisotopic (exact) mass is 318 g/mol. The molecule has 0 aliphatic rings. The lowest BCUT2D eigenvalue weighted by atomic mass is 10.2. The van der Waals surface area contributed by atoms with Crippen LogP contribution in [-0.2, 0) is 13.0 Å². The lowest BCUT2D eigenvalue weighted by Gasteiger charge is -1.96. The molecule has 0 N–H and O–H groups in total. The highest BCUT2D eigenvalue weighted by Crippen LogP contribution is 2.17. The minimum Gasteiger partial charge on any atom is -0.421 e. The molecule has 6 heteroatoms. The number of aromatic nitrogens is 4. The van der Waals surface area contributed by atoms with Gasteiger partial charge in [-0.15, -0.1) is 10.2 Å². The second kappa shape index (κ2) is 5.36. The van der Waals surface area contributed by atoms with Crippen molar-refractivity contribution in [1.29, 1.82) is 0 Å². The van der Waals surface area contributed by atoms with Gasteiger partial charge in [0.1, 0.15) is 0 Å². The third kappa shape index (κ3) is 2.90. The van der Waals surface area contributed by atoms with Crippen LogP contribution in [0.25, 0.3) is 11.5 Å². The van der Waals surface area contributed by atoms with Gasteiger partial charge in [-0.3, -0.25) is 4.68 Å². The standard InChI is InChI=1S/C13H11BrN4O/c14-11-8-15-18(9-11)7-6-12-16-17-13(19-12)10-4-2-1-3-5-10/h1-5,8-9H,6-7H2. The molecular formula is C13H11BrN4O. The van der Waals surface area contributed by atoms with E-state index in [9.17, 15) is 0 Å². The molecule has 3 rings (SSSR count). The Morgan fingerprint density at radius 3 is 2.74 bits per heavy atom. The first-order chi connectivity index (χ1) is 9.31. The van der Waals surface area contributed by atoms with Crippen LogP contribution in [0.15, 0.2) is 51.6 Å². The highest BCUT2D eigenvalue weighted by Gasteiger charge is 2.08. The van der Waals surface area contributed by atoms with Crippen molar-refractivity contribution in [2.45, 2.75) is 13.0 Å². The van der Waals surface area contributed by atoms with Crippen LogP contribution in [0.5, 0.6) is 0 Å². The van der Waals surface area contributed by atoms with E-state index < -0.39 is 0 Å². The predicted octanol–water partition coefficient (Wildman–Crippen LogP) is 2.94. The fourth-order valence-electron chi connectivity index (χ4n) is 1.72. The van der Waals surface area contributed by atoms with E-state index in [2.05, 4.69) is 31.2 Å². The topological polar surface area (TPSA) is 56.7 Å². The van der Waals surface area contributed by atoms with Crippen LogP contribution < -0.4 is 0 Å². The van der Waals surface area contributed by atoms with Gasteiger partial charge in [0.05, 0.1) is 10.7 Å². The zero-order valence-corrected chi connectivity index (χ0v) is 11.6. The second-order valence-corrected chi connectivity index (χ2v) is 4.95. The summed E-state index contributed by atoms with van der Waals surface area (Å²) in [6.45, 7) is 0.710. The largest absolute Gasteiger partial charge is 0.421 e. The molecule has 0 radical (unpaired) electrons. The summed E-state index contributed by atoms with van der Waals surface area (Å²) in [5, 5.41) is 12.3. The molecule has 0 atom stereocenters. The van der Waals surface area contributed by atoms with Gasteiger partial charge >= 0.3 is 0 Å². The summed E-state index contributed by atoms with van der Waals surface area (Å²) in [4.78, 5) is 0. The second-order valence-electron chi connectivity index (χ2n) is 4.04. The minimum absolute atomic E-state index is 0.553. The Morgan fingerprint density at radius 2 is 2.00 bits per heavy atom. The smallest absolute Gasteiger partial charge is 0.247 e. The SMILES string of the molecule is Brc1cnn(CCc2nnc(-c3ccccc3)o2)c1. The maximum absolute atomic E-state index is 5.62. The van der Waals surface area contributed by atoms with Gasteiger partial charge in [-0.05, 0) is 28.1 Å². The number of hydrogen-bond donors (Lipinski definition) is 0. The Morgan fingerprint density at radius 1 is 1.16 bits per heavy atom. The molecule has 0 spiro atoms. The summed E-state index contributed by atoms with van der Waals surface area (Å²) in [6.07, 6.45) is 4.33. The Labute approximate surface area is 118 Å². The zero-order chi connectivity index (χ0) is 13.1. The summed E-state index contributed by atoms with van der Waals surface area (Å²) in [5.41, 5.74) is 0.933. The fraction of sp³-hybridized carbons (Fsp3) is 0.154. The van der Waals surface area contributed by atoms with E-state index in [0.29, 0.717) is 24.7 Å². The number of aryl methyl sites for hydroxylation is 2. The number of benzene rings is 1. The summed E-state index contributed by atoms with van der Waals surface area (Å²) in [5.74, 6) is 1.17. The first-order valence-electron chi connectivity index (χ1n) is 5.87. The first-order valence-corrected chi connectivity index (χ1v) is 6.66. The van der Waals surface area contributed by atoms with Gasteiger partial charge in [0, 0.05) is 24.7 Å². The third-order valence-electron chi connectivity index (χ3n) is 2.64. The number of halogens is 1. The Hall–Kier alpha value is -1.95. The van der Waals surface area contributed by atoms with Crippen molar-refractivity contribution in [1.82, 2.24) is 20.0 Å². The van der Waals surface area contributed by atoms with Crippen molar-refractivity contribution < 1.29 is 4.42 Å². The molecule has 0 unspecified atom stereocenters. The molecule has 96 valence electrons. The number of nitrogens with zero attached hydrogens (tertiary/aromatic N) is 4. The highest BCUT2D eigenvalue weighted by molar-refractivity contribution is 9.10. The predicted molar refractivity (Wildman–Crippen MR) is 73.4 cm³/mol. The van der Waals surface area contributed by atoms with Crippen molar-refractivity contribution in [2.75, 3.05) is 0 Å². The molecule has 0 saturated carbocycles. The van der Waals surface area contributed by atoms with Gasteiger partial charge in [0.15, 0.2) is 0 Å². The molecule has 19 heavy (non-hydrogen) atoms. The molecule has 5 nitrogen and oxygen atoms in total. The maximum atomic E-state index is 5.62. The van der Waals surface area contributed by atoms with Crippen LogP contribution in [0, 0.1) is 0 Å². The van der Waals surface area contributed by atoms with E-state index in [1.165, 1.54) is 0 Å². The Bertz CT molecular complexity index is 662. The highest BCUT2D eigenvalue weighted by atomic mass is 79.9.